The van der Waals surface area contributed by atoms with E-state index in [1.165, 1.54) is 32.1 Å². The third-order valence-corrected chi connectivity index (χ3v) is 9.52. The standard InChI is InChI=1S/C20H32O3/c1-17(11-21)7-4-8-18(2)13-6-5-12-10-20(13,15(22)9-14(17)18)16-19(12,3)23-16/h12-16,21-22H,4-11H2,1-3H3/t12-,13-,14+,15-,16-,17+,18-,19-,20-/m0/s1. The second-order valence-electron chi connectivity index (χ2n) is 10.3. The van der Waals surface area contributed by atoms with E-state index in [1.54, 1.807) is 0 Å². The number of ether oxygens (including phenoxy) is 1. The van der Waals surface area contributed by atoms with E-state index in [0.29, 0.717) is 23.9 Å². The Morgan fingerprint density at radius 2 is 1.87 bits per heavy atom. The van der Waals surface area contributed by atoms with Gasteiger partial charge in [-0.15, -0.1) is 0 Å². The van der Waals surface area contributed by atoms with Gasteiger partial charge in [-0.1, -0.05) is 20.3 Å². The van der Waals surface area contributed by atoms with Crippen LogP contribution >= 0.6 is 0 Å². The van der Waals surface area contributed by atoms with Gasteiger partial charge in [-0.2, -0.15) is 0 Å². The van der Waals surface area contributed by atoms with Gasteiger partial charge >= 0.3 is 0 Å². The molecule has 1 aliphatic heterocycles. The maximum absolute atomic E-state index is 11.3. The molecule has 3 heteroatoms. The third kappa shape index (κ3) is 1.50. The van der Waals surface area contributed by atoms with Crippen molar-refractivity contribution in [3.8, 4) is 0 Å². The molecule has 23 heavy (non-hydrogen) atoms. The monoisotopic (exact) mass is 320 g/mol. The summed E-state index contributed by atoms with van der Waals surface area (Å²) < 4.78 is 6.23. The molecule has 9 atom stereocenters. The average molecular weight is 320 g/mol. The lowest BCUT2D eigenvalue weighted by molar-refractivity contribution is -0.220. The Morgan fingerprint density at radius 3 is 2.61 bits per heavy atom. The number of aliphatic hydroxyl groups excluding tert-OH is 2. The van der Waals surface area contributed by atoms with Crippen LogP contribution in [-0.4, -0.2) is 34.6 Å². The number of aliphatic hydroxyl groups is 2. The molecule has 0 aromatic rings. The second-order valence-corrected chi connectivity index (χ2v) is 10.3. The van der Waals surface area contributed by atoms with Crippen LogP contribution < -0.4 is 0 Å². The predicted molar refractivity (Wildman–Crippen MR) is 87.8 cm³/mol. The van der Waals surface area contributed by atoms with Gasteiger partial charge in [-0.25, -0.2) is 0 Å². The van der Waals surface area contributed by atoms with Crippen molar-refractivity contribution in [2.45, 2.75) is 83.5 Å². The van der Waals surface area contributed by atoms with Crippen LogP contribution in [0.4, 0.5) is 0 Å². The molecule has 0 aromatic carbocycles. The topological polar surface area (TPSA) is 53.0 Å². The Hall–Kier alpha value is -0.120. The predicted octanol–water partition coefficient (Wildman–Crippen LogP) is 3.13. The molecule has 1 heterocycles. The van der Waals surface area contributed by atoms with Crippen molar-refractivity contribution < 1.29 is 14.9 Å². The van der Waals surface area contributed by atoms with Crippen molar-refractivity contribution in [1.82, 2.24) is 0 Å². The minimum absolute atomic E-state index is 0.0105. The summed E-state index contributed by atoms with van der Waals surface area (Å²) in [7, 11) is 0. The average Bonchev–Trinajstić information content (AvgIpc) is 3.19. The molecule has 1 spiro atoms. The molecule has 2 bridgehead atoms. The lowest BCUT2D eigenvalue weighted by Gasteiger charge is -2.65. The van der Waals surface area contributed by atoms with Crippen molar-refractivity contribution in [1.29, 1.82) is 0 Å². The van der Waals surface area contributed by atoms with Crippen LogP contribution in [-0.2, 0) is 4.74 Å². The molecule has 0 unspecified atom stereocenters. The quantitative estimate of drug-likeness (QED) is 0.730. The van der Waals surface area contributed by atoms with Crippen LogP contribution in [0.2, 0.25) is 0 Å². The fourth-order valence-corrected chi connectivity index (χ4v) is 8.37. The highest BCUT2D eigenvalue weighted by Crippen LogP contribution is 2.77. The number of hydrogen-bond acceptors (Lipinski definition) is 3. The highest BCUT2D eigenvalue weighted by atomic mass is 16.6. The molecule has 5 rings (SSSR count). The van der Waals surface area contributed by atoms with Gasteiger partial charge in [0.25, 0.3) is 0 Å². The van der Waals surface area contributed by atoms with Crippen LogP contribution in [0.3, 0.4) is 0 Å². The van der Waals surface area contributed by atoms with Gasteiger partial charge in [-0.3, -0.25) is 0 Å². The van der Waals surface area contributed by atoms with Gasteiger partial charge in [0.15, 0.2) is 0 Å². The van der Waals surface area contributed by atoms with Crippen molar-refractivity contribution in [2.75, 3.05) is 6.61 Å². The maximum atomic E-state index is 11.3. The van der Waals surface area contributed by atoms with Gasteiger partial charge in [0.05, 0.1) is 17.8 Å². The van der Waals surface area contributed by atoms with Crippen LogP contribution in [0.25, 0.3) is 0 Å². The van der Waals surface area contributed by atoms with Crippen molar-refractivity contribution in [3.63, 3.8) is 0 Å². The molecule has 0 aromatic heterocycles. The number of hydrogen-bond donors (Lipinski definition) is 2. The zero-order chi connectivity index (χ0) is 16.3. The van der Waals surface area contributed by atoms with E-state index in [1.807, 2.05) is 0 Å². The van der Waals surface area contributed by atoms with Crippen LogP contribution in [0.15, 0.2) is 0 Å². The Balaban J connectivity index is 1.61. The molecule has 0 radical (unpaired) electrons. The summed E-state index contributed by atoms with van der Waals surface area (Å²) in [5.74, 6) is 1.67. The molecular weight excluding hydrogens is 288 g/mol. The fourth-order valence-electron chi connectivity index (χ4n) is 8.37. The normalized spacial score (nSPS) is 66.4. The zero-order valence-corrected chi connectivity index (χ0v) is 14.8. The first-order valence-electron chi connectivity index (χ1n) is 9.78. The zero-order valence-electron chi connectivity index (χ0n) is 14.8. The first-order valence-corrected chi connectivity index (χ1v) is 9.78. The minimum atomic E-state index is -0.244. The van der Waals surface area contributed by atoms with Gasteiger partial charge in [0.1, 0.15) is 0 Å². The molecule has 0 amide bonds. The maximum Gasteiger partial charge on any atom is 0.0957 e. The third-order valence-electron chi connectivity index (χ3n) is 9.52. The summed E-state index contributed by atoms with van der Waals surface area (Å²) >= 11 is 0. The Bertz CT molecular complexity index is 549. The molecular formula is C20H32O3. The largest absolute Gasteiger partial charge is 0.396 e. The number of epoxide rings is 1. The first-order chi connectivity index (χ1) is 10.8. The summed E-state index contributed by atoms with van der Waals surface area (Å²) in [6.07, 6.45) is 8.21. The smallest absolute Gasteiger partial charge is 0.0957 e. The summed E-state index contributed by atoms with van der Waals surface area (Å²) in [5.41, 5.74) is 0.320. The molecule has 5 fully saturated rings. The summed E-state index contributed by atoms with van der Waals surface area (Å²) in [5, 5.41) is 21.4. The molecule has 1 saturated heterocycles. The first kappa shape index (κ1) is 15.2. The van der Waals surface area contributed by atoms with E-state index < -0.39 is 0 Å². The van der Waals surface area contributed by atoms with E-state index in [-0.39, 0.29) is 34.6 Å². The second kappa shape index (κ2) is 4.16. The highest BCUT2D eigenvalue weighted by molar-refractivity contribution is 5.28. The number of fused-ring (bicyclic) bond motifs is 5. The lowest BCUT2D eigenvalue weighted by atomic mass is 9.40. The summed E-state index contributed by atoms with van der Waals surface area (Å²) in [4.78, 5) is 0. The summed E-state index contributed by atoms with van der Waals surface area (Å²) in [6, 6.07) is 0. The highest BCUT2D eigenvalue weighted by Gasteiger charge is 2.81. The molecule has 2 N–H and O–H groups in total. The minimum Gasteiger partial charge on any atom is -0.396 e. The van der Waals surface area contributed by atoms with Gasteiger partial charge < -0.3 is 14.9 Å². The Morgan fingerprint density at radius 1 is 1.09 bits per heavy atom. The van der Waals surface area contributed by atoms with Gasteiger partial charge in [0.2, 0.25) is 0 Å². The van der Waals surface area contributed by atoms with E-state index >= 15 is 0 Å². The SMILES string of the molecule is C[C@]1(CO)CCC[C@]2(C)[C@@H]1C[C@H](O)[C@]13C[C@H](CC[C@@H]21)[C@]1(C)O[C@@H]13. The fraction of sp³-hybridized carbons (Fsp3) is 1.00. The molecule has 4 aliphatic carbocycles. The molecule has 130 valence electrons. The van der Waals surface area contributed by atoms with E-state index in [4.69, 9.17) is 4.74 Å². The lowest BCUT2D eigenvalue weighted by Crippen LogP contribution is -2.63. The van der Waals surface area contributed by atoms with Crippen LogP contribution in [0.1, 0.15) is 65.7 Å². The molecule has 3 nitrogen and oxygen atoms in total. The molecule has 4 saturated carbocycles. The Labute approximate surface area is 139 Å². The van der Waals surface area contributed by atoms with Crippen molar-refractivity contribution in [2.24, 2.45) is 34.0 Å². The number of rotatable bonds is 1. The van der Waals surface area contributed by atoms with Gasteiger partial charge in [-0.05, 0) is 74.0 Å². The van der Waals surface area contributed by atoms with Crippen LogP contribution in [0.5, 0.6) is 0 Å². The molecule has 5 aliphatic rings. The van der Waals surface area contributed by atoms with Crippen LogP contribution in [0, 0.1) is 34.0 Å². The van der Waals surface area contributed by atoms with Crippen molar-refractivity contribution >= 4 is 0 Å². The van der Waals surface area contributed by atoms with E-state index in [9.17, 15) is 10.2 Å². The van der Waals surface area contributed by atoms with Crippen molar-refractivity contribution in [3.05, 3.63) is 0 Å². The Kier molecular flexibility index (Phi) is 2.74. The van der Waals surface area contributed by atoms with Gasteiger partial charge in [0, 0.05) is 12.0 Å². The van der Waals surface area contributed by atoms with E-state index in [0.717, 1.165) is 12.8 Å². The van der Waals surface area contributed by atoms with E-state index in [2.05, 4.69) is 20.8 Å². The summed E-state index contributed by atoms with van der Waals surface area (Å²) in [6.45, 7) is 7.30.